The van der Waals surface area contributed by atoms with E-state index in [2.05, 4.69) is 29.8 Å². The number of nitrogens with two attached hydrogens (primary N) is 1. The molecule has 3 saturated carbocycles. The van der Waals surface area contributed by atoms with Gasteiger partial charge in [0.1, 0.15) is 17.9 Å². The number of hydrogen-bond donors (Lipinski definition) is 4. The largest absolute Gasteiger partial charge is 0.363 e. The topological polar surface area (TPSA) is 168 Å². The van der Waals surface area contributed by atoms with Gasteiger partial charge in [0.15, 0.2) is 0 Å². The molecule has 1 heterocycles. The lowest BCUT2D eigenvalue weighted by atomic mass is 9.74. The number of carbonyl (C=O) groups is 6. The first kappa shape index (κ1) is 34.9. The Morgan fingerprint density at radius 2 is 1.51 bits per heavy atom. The number of primary amides is 1. The van der Waals surface area contributed by atoms with Gasteiger partial charge in [-0.3, -0.25) is 24.0 Å². The Bertz CT molecular complexity index is 1220. The maximum Gasteiger partial charge on any atom is 0.315 e. The molecule has 1 aliphatic heterocycles. The van der Waals surface area contributed by atoms with Crippen LogP contribution in [0.1, 0.15) is 113 Å². The first-order valence-corrected chi connectivity index (χ1v) is 16.7. The standard InChI is InChI=1S/C34H55N5O6/c1-31(2,3)22(40)17-34(14-10-9-11-15-34)38-30(45)37-26(32(4,5)6)29(44)39-18-20-23(33(20,7)8)24(39)28(43)36-21(16-19-12-13-19)25(41)27(35)42/h19-21,23-24,26H,9-18H2,1-8H3,(H2,35,42)(H,36,43)(H2,37,38,45)/t20-,21?,23-,24-,26+/m0/s1. The van der Waals surface area contributed by atoms with Crippen molar-refractivity contribution >= 4 is 35.3 Å². The van der Waals surface area contributed by atoms with E-state index in [0.717, 1.165) is 32.1 Å². The van der Waals surface area contributed by atoms with Crippen LogP contribution in [0.3, 0.4) is 0 Å². The molecule has 1 saturated heterocycles. The van der Waals surface area contributed by atoms with E-state index in [-0.39, 0.29) is 41.3 Å². The molecule has 3 aliphatic carbocycles. The van der Waals surface area contributed by atoms with Gasteiger partial charge in [-0.2, -0.15) is 0 Å². The van der Waals surface area contributed by atoms with Crippen molar-refractivity contribution in [3.05, 3.63) is 0 Å². The minimum absolute atomic E-state index is 0.0794. The molecule has 4 rings (SSSR count). The molecule has 1 unspecified atom stereocenters. The third-order valence-electron chi connectivity index (χ3n) is 10.8. The number of fused-ring (bicyclic) bond motifs is 1. The molecule has 45 heavy (non-hydrogen) atoms. The second kappa shape index (κ2) is 12.3. The summed E-state index contributed by atoms with van der Waals surface area (Å²) in [5.74, 6) is -2.45. The summed E-state index contributed by atoms with van der Waals surface area (Å²) in [7, 11) is 0. The molecular weight excluding hydrogens is 574 g/mol. The Morgan fingerprint density at radius 1 is 0.911 bits per heavy atom. The van der Waals surface area contributed by atoms with E-state index >= 15 is 0 Å². The minimum atomic E-state index is -1.09. The number of piperidine rings is 1. The molecule has 5 atom stereocenters. The summed E-state index contributed by atoms with van der Waals surface area (Å²) in [4.78, 5) is 80.8. The van der Waals surface area contributed by atoms with Crippen LogP contribution in [0.5, 0.6) is 0 Å². The Kier molecular flexibility index (Phi) is 9.55. The zero-order chi connectivity index (χ0) is 33.7. The summed E-state index contributed by atoms with van der Waals surface area (Å²) in [5, 5.41) is 8.84. The highest BCUT2D eigenvalue weighted by molar-refractivity contribution is 6.37. The van der Waals surface area contributed by atoms with Gasteiger partial charge in [-0.1, -0.05) is 87.5 Å². The number of hydrogen-bond acceptors (Lipinski definition) is 6. The summed E-state index contributed by atoms with van der Waals surface area (Å²) in [6, 6.07) is -3.33. The molecule has 0 aromatic carbocycles. The number of urea groups is 1. The van der Waals surface area contributed by atoms with E-state index in [9.17, 15) is 28.8 Å². The molecule has 11 heteroatoms. The summed E-state index contributed by atoms with van der Waals surface area (Å²) in [6.45, 7) is 15.7. The lowest BCUT2D eigenvalue weighted by molar-refractivity contribution is -0.145. The van der Waals surface area contributed by atoms with Crippen molar-refractivity contribution in [1.29, 1.82) is 0 Å². The predicted octanol–water partition coefficient (Wildman–Crippen LogP) is 3.23. The van der Waals surface area contributed by atoms with Gasteiger partial charge in [0.25, 0.3) is 5.91 Å². The van der Waals surface area contributed by atoms with E-state index in [0.29, 0.717) is 25.8 Å². The van der Waals surface area contributed by atoms with Crippen molar-refractivity contribution < 1.29 is 28.8 Å². The van der Waals surface area contributed by atoms with Gasteiger partial charge >= 0.3 is 6.03 Å². The molecule has 0 aromatic rings. The molecule has 5 amide bonds. The quantitative estimate of drug-likeness (QED) is 0.256. The van der Waals surface area contributed by atoms with Crippen LogP contribution in [-0.4, -0.2) is 70.4 Å². The SMILES string of the molecule is CC(C)(C)C(=O)CC1(NC(=O)N[C@H](C(=O)N2C[C@H]3[C@@H]([C@H]2C(=O)NC(CC2CC2)C(=O)C(N)=O)C3(C)C)C(C)(C)C)CCCCC1. The van der Waals surface area contributed by atoms with Crippen LogP contribution in [0.25, 0.3) is 0 Å². The number of amides is 5. The molecule has 0 aromatic heterocycles. The fourth-order valence-electron chi connectivity index (χ4n) is 7.53. The van der Waals surface area contributed by atoms with Gasteiger partial charge in [-0.05, 0) is 47.8 Å². The van der Waals surface area contributed by atoms with Gasteiger partial charge < -0.3 is 26.6 Å². The van der Waals surface area contributed by atoms with Crippen molar-refractivity contribution in [2.45, 2.75) is 137 Å². The third kappa shape index (κ3) is 7.71. The number of likely N-dealkylation sites (tertiary alicyclic amines) is 1. The molecule has 0 radical (unpaired) electrons. The van der Waals surface area contributed by atoms with Crippen LogP contribution in [0, 0.1) is 34.0 Å². The van der Waals surface area contributed by atoms with Crippen LogP contribution < -0.4 is 21.7 Å². The van der Waals surface area contributed by atoms with Crippen LogP contribution in [-0.2, 0) is 24.0 Å². The summed E-state index contributed by atoms with van der Waals surface area (Å²) in [6.07, 6.45) is 6.67. The monoisotopic (exact) mass is 629 g/mol. The van der Waals surface area contributed by atoms with Crippen molar-refractivity contribution in [3.8, 4) is 0 Å². The first-order chi connectivity index (χ1) is 20.7. The van der Waals surface area contributed by atoms with Crippen molar-refractivity contribution in [2.75, 3.05) is 6.54 Å². The smallest absolute Gasteiger partial charge is 0.315 e. The van der Waals surface area contributed by atoms with E-state index in [4.69, 9.17) is 5.73 Å². The summed E-state index contributed by atoms with van der Waals surface area (Å²) in [5.41, 5.74) is 3.22. The van der Waals surface area contributed by atoms with Crippen LogP contribution in [0.2, 0.25) is 0 Å². The van der Waals surface area contributed by atoms with Gasteiger partial charge in [0.05, 0.1) is 6.04 Å². The maximum atomic E-state index is 14.3. The second-order valence-corrected chi connectivity index (χ2v) is 16.9. The number of carbonyl (C=O) groups excluding carboxylic acids is 6. The molecule has 11 nitrogen and oxygen atoms in total. The van der Waals surface area contributed by atoms with Crippen LogP contribution >= 0.6 is 0 Å². The Labute approximate surface area is 267 Å². The van der Waals surface area contributed by atoms with Crippen molar-refractivity contribution in [2.24, 2.45) is 39.7 Å². The van der Waals surface area contributed by atoms with E-state index in [1.54, 1.807) is 4.90 Å². The fraction of sp³-hybridized carbons (Fsp3) is 0.824. The average molecular weight is 630 g/mol. The lowest BCUT2D eigenvalue weighted by Crippen LogP contribution is -2.63. The highest BCUT2D eigenvalue weighted by Gasteiger charge is 2.70. The maximum absolute atomic E-state index is 14.3. The molecular formula is C34H55N5O6. The highest BCUT2D eigenvalue weighted by Crippen LogP contribution is 2.65. The zero-order valence-corrected chi connectivity index (χ0v) is 28.5. The van der Waals surface area contributed by atoms with Crippen LogP contribution in [0.4, 0.5) is 4.79 Å². The Morgan fingerprint density at radius 3 is 2.02 bits per heavy atom. The van der Waals surface area contributed by atoms with E-state index in [1.165, 1.54) is 0 Å². The second-order valence-electron chi connectivity index (χ2n) is 16.9. The lowest BCUT2D eigenvalue weighted by Gasteiger charge is -2.41. The molecule has 0 bridgehead atoms. The normalized spacial score (nSPS) is 26.6. The number of rotatable bonds is 11. The third-order valence-corrected chi connectivity index (χ3v) is 10.8. The summed E-state index contributed by atoms with van der Waals surface area (Å²) >= 11 is 0. The molecule has 4 aliphatic rings. The van der Waals surface area contributed by atoms with Crippen LogP contribution in [0.15, 0.2) is 0 Å². The summed E-state index contributed by atoms with van der Waals surface area (Å²) < 4.78 is 0. The minimum Gasteiger partial charge on any atom is -0.363 e. The molecule has 252 valence electrons. The molecule has 0 spiro atoms. The average Bonchev–Trinajstić information content (AvgIpc) is 3.77. The van der Waals surface area contributed by atoms with Gasteiger partial charge in [-0.15, -0.1) is 0 Å². The predicted molar refractivity (Wildman–Crippen MR) is 170 cm³/mol. The van der Waals surface area contributed by atoms with E-state index < -0.39 is 58.1 Å². The van der Waals surface area contributed by atoms with Gasteiger partial charge in [-0.25, -0.2) is 4.79 Å². The molecule has 4 fully saturated rings. The highest BCUT2D eigenvalue weighted by atomic mass is 16.2. The van der Waals surface area contributed by atoms with Gasteiger partial charge in [0, 0.05) is 23.9 Å². The first-order valence-electron chi connectivity index (χ1n) is 16.7. The number of ketones is 2. The number of nitrogens with zero attached hydrogens (tertiary/aromatic N) is 1. The fourth-order valence-corrected chi connectivity index (χ4v) is 7.53. The Hall–Kier alpha value is -2.98. The number of Topliss-reactive ketones (excluding diaryl/α,β-unsaturated/α-hetero) is 2. The van der Waals surface area contributed by atoms with Gasteiger partial charge in [0.2, 0.25) is 17.6 Å². The van der Waals surface area contributed by atoms with E-state index in [1.807, 2.05) is 41.5 Å². The zero-order valence-electron chi connectivity index (χ0n) is 28.5. The molecule has 5 N–H and O–H groups in total. The van der Waals surface area contributed by atoms with Crippen molar-refractivity contribution in [3.63, 3.8) is 0 Å². The van der Waals surface area contributed by atoms with Crippen molar-refractivity contribution in [1.82, 2.24) is 20.9 Å². The number of nitrogens with one attached hydrogen (secondary N) is 3. The Balaban J connectivity index is 1.53.